The Balaban J connectivity index is 2.64. The molecule has 0 aromatic heterocycles. The third-order valence-corrected chi connectivity index (χ3v) is 3.21. The molecular formula is C12H23NO4. The van der Waals surface area contributed by atoms with Crippen molar-refractivity contribution in [2.75, 3.05) is 32.9 Å². The summed E-state index contributed by atoms with van der Waals surface area (Å²) in [5.41, 5.74) is 0. The minimum absolute atomic E-state index is 0.0542. The number of ether oxygens (including phenoxy) is 1. The van der Waals surface area contributed by atoms with Crippen molar-refractivity contribution >= 4 is 5.97 Å². The molecule has 17 heavy (non-hydrogen) atoms. The van der Waals surface area contributed by atoms with Gasteiger partial charge in [0.05, 0.1) is 19.1 Å². The zero-order valence-electron chi connectivity index (χ0n) is 10.6. The Hall–Kier alpha value is -0.650. The minimum Gasteiger partial charge on any atom is -0.481 e. The number of hydrogen-bond acceptors (Lipinski definition) is 4. The third-order valence-electron chi connectivity index (χ3n) is 3.21. The monoisotopic (exact) mass is 245 g/mol. The molecule has 0 saturated carbocycles. The molecule has 0 bridgehead atoms. The largest absolute Gasteiger partial charge is 0.481 e. The molecule has 0 radical (unpaired) electrons. The molecule has 0 aliphatic carbocycles. The van der Waals surface area contributed by atoms with E-state index >= 15 is 0 Å². The molecule has 0 amide bonds. The molecular weight excluding hydrogens is 222 g/mol. The van der Waals surface area contributed by atoms with Gasteiger partial charge in [0.1, 0.15) is 0 Å². The summed E-state index contributed by atoms with van der Waals surface area (Å²) in [4.78, 5) is 13.3. The van der Waals surface area contributed by atoms with Crippen molar-refractivity contribution in [3.8, 4) is 0 Å². The van der Waals surface area contributed by atoms with Crippen LogP contribution in [0.25, 0.3) is 0 Å². The van der Waals surface area contributed by atoms with Crippen LogP contribution in [0.15, 0.2) is 0 Å². The highest BCUT2D eigenvalue weighted by molar-refractivity contribution is 5.71. The van der Waals surface area contributed by atoms with Crippen molar-refractivity contribution in [1.82, 2.24) is 4.90 Å². The molecule has 0 aromatic carbocycles. The van der Waals surface area contributed by atoms with Crippen LogP contribution in [0.5, 0.6) is 0 Å². The van der Waals surface area contributed by atoms with Crippen molar-refractivity contribution < 1.29 is 19.7 Å². The lowest BCUT2D eigenvalue weighted by Gasteiger charge is -2.31. The molecule has 3 atom stereocenters. The smallest absolute Gasteiger partial charge is 0.310 e. The van der Waals surface area contributed by atoms with Gasteiger partial charge in [0.15, 0.2) is 0 Å². The van der Waals surface area contributed by atoms with E-state index in [2.05, 4.69) is 11.8 Å². The van der Waals surface area contributed by atoms with Gasteiger partial charge in [0.25, 0.3) is 0 Å². The van der Waals surface area contributed by atoms with Crippen LogP contribution in [-0.4, -0.2) is 60.0 Å². The van der Waals surface area contributed by atoms with Crippen molar-refractivity contribution in [3.05, 3.63) is 0 Å². The van der Waals surface area contributed by atoms with Crippen LogP contribution in [0.4, 0.5) is 0 Å². The van der Waals surface area contributed by atoms with E-state index in [0.717, 1.165) is 19.5 Å². The van der Waals surface area contributed by atoms with E-state index in [9.17, 15) is 4.79 Å². The van der Waals surface area contributed by atoms with Crippen LogP contribution in [0, 0.1) is 11.8 Å². The maximum atomic E-state index is 11.1. The van der Waals surface area contributed by atoms with Gasteiger partial charge in [0, 0.05) is 19.2 Å². The first-order valence-electron chi connectivity index (χ1n) is 6.25. The van der Waals surface area contributed by atoms with Gasteiger partial charge in [-0.25, -0.2) is 0 Å². The minimum atomic E-state index is -0.787. The number of rotatable bonds is 7. The maximum Gasteiger partial charge on any atom is 0.310 e. The summed E-state index contributed by atoms with van der Waals surface area (Å²) in [5.74, 6) is -1.06. The number of carboxylic acid groups (broad SMARTS) is 1. The number of aliphatic carboxylic acids is 1. The summed E-state index contributed by atoms with van der Waals surface area (Å²) >= 11 is 0. The molecule has 0 spiro atoms. The molecule has 1 saturated heterocycles. The number of aliphatic hydroxyl groups excluding tert-OH is 1. The van der Waals surface area contributed by atoms with E-state index in [1.165, 1.54) is 0 Å². The number of aliphatic hydroxyl groups is 1. The van der Waals surface area contributed by atoms with Crippen LogP contribution in [-0.2, 0) is 9.53 Å². The number of carboxylic acids is 1. The first kappa shape index (κ1) is 14.4. The fraction of sp³-hybridized carbons (Fsp3) is 0.917. The SMILES string of the molecule is CCCN(CC(C)CO)C1COCC1C(=O)O. The van der Waals surface area contributed by atoms with Gasteiger partial charge in [-0.2, -0.15) is 0 Å². The first-order valence-corrected chi connectivity index (χ1v) is 6.25. The van der Waals surface area contributed by atoms with Crippen LogP contribution in [0.2, 0.25) is 0 Å². The van der Waals surface area contributed by atoms with Gasteiger partial charge >= 0.3 is 5.97 Å². The highest BCUT2D eigenvalue weighted by Crippen LogP contribution is 2.21. The van der Waals surface area contributed by atoms with E-state index in [0.29, 0.717) is 13.2 Å². The quantitative estimate of drug-likeness (QED) is 0.680. The molecule has 1 heterocycles. The highest BCUT2D eigenvalue weighted by atomic mass is 16.5. The number of carbonyl (C=O) groups is 1. The van der Waals surface area contributed by atoms with Gasteiger partial charge in [0.2, 0.25) is 0 Å². The molecule has 0 aromatic rings. The van der Waals surface area contributed by atoms with Gasteiger partial charge in [-0.3, -0.25) is 9.69 Å². The van der Waals surface area contributed by atoms with Crippen LogP contribution < -0.4 is 0 Å². The topological polar surface area (TPSA) is 70.0 Å². The summed E-state index contributed by atoms with van der Waals surface area (Å²) in [6.07, 6.45) is 0.973. The van der Waals surface area contributed by atoms with E-state index in [1.807, 2.05) is 6.92 Å². The number of hydrogen-bond donors (Lipinski definition) is 2. The molecule has 1 aliphatic heterocycles. The average molecular weight is 245 g/mol. The molecule has 1 rings (SSSR count). The van der Waals surface area contributed by atoms with Crippen LogP contribution in [0.3, 0.4) is 0 Å². The molecule has 100 valence electrons. The van der Waals surface area contributed by atoms with Gasteiger partial charge in [-0.15, -0.1) is 0 Å². The summed E-state index contributed by atoms with van der Waals surface area (Å²) in [5, 5.41) is 18.2. The summed E-state index contributed by atoms with van der Waals surface area (Å²) in [6.45, 7) is 6.52. The Kier molecular flexibility index (Phi) is 5.88. The van der Waals surface area contributed by atoms with Crippen molar-refractivity contribution in [2.24, 2.45) is 11.8 Å². The second-order valence-electron chi connectivity index (χ2n) is 4.83. The molecule has 2 N–H and O–H groups in total. The highest BCUT2D eigenvalue weighted by Gasteiger charge is 2.37. The van der Waals surface area contributed by atoms with Gasteiger partial charge in [-0.05, 0) is 18.9 Å². The van der Waals surface area contributed by atoms with Gasteiger partial charge < -0.3 is 14.9 Å². The maximum absolute atomic E-state index is 11.1. The normalized spacial score (nSPS) is 26.4. The predicted molar refractivity (Wildman–Crippen MR) is 63.8 cm³/mol. The summed E-state index contributed by atoms with van der Waals surface area (Å²) in [6, 6.07) is -0.0542. The summed E-state index contributed by atoms with van der Waals surface area (Å²) in [7, 11) is 0. The third kappa shape index (κ3) is 3.94. The Morgan fingerprint density at radius 2 is 2.24 bits per heavy atom. The Morgan fingerprint density at radius 3 is 2.76 bits per heavy atom. The molecule has 3 unspecified atom stereocenters. The van der Waals surface area contributed by atoms with E-state index in [-0.39, 0.29) is 18.6 Å². The van der Waals surface area contributed by atoms with Crippen molar-refractivity contribution in [2.45, 2.75) is 26.3 Å². The molecule has 1 fully saturated rings. The van der Waals surface area contributed by atoms with Crippen LogP contribution >= 0.6 is 0 Å². The van der Waals surface area contributed by atoms with E-state index < -0.39 is 11.9 Å². The lowest BCUT2D eigenvalue weighted by atomic mass is 10.0. The van der Waals surface area contributed by atoms with E-state index in [1.54, 1.807) is 0 Å². The average Bonchev–Trinajstić information content (AvgIpc) is 2.77. The predicted octanol–water partition coefficient (Wildman–Crippen LogP) is 0.426. The Bertz CT molecular complexity index is 247. The fourth-order valence-corrected chi connectivity index (χ4v) is 2.28. The number of nitrogens with zero attached hydrogens (tertiary/aromatic N) is 1. The lowest BCUT2D eigenvalue weighted by molar-refractivity contribution is -0.143. The van der Waals surface area contributed by atoms with Gasteiger partial charge in [-0.1, -0.05) is 13.8 Å². The molecule has 1 aliphatic rings. The van der Waals surface area contributed by atoms with E-state index in [4.69, 9.17) is 14.9 Å². The zero-order chi connectivity index (χ0) is 12.8. The Labute approximate surface area is 102 Å². The standard InChI is InChI=1S/C12H23NO4/c1-3-4-13(5-9(2)6-14)11-8-17-7-10(11)12(15)16/h9-11,14H,3-8H2,1-2H3,(H,15,16). The fourth-order valence-electron chi connectivity index (χ4n) is 2.28. The second kappa shape index (κ2) is 6.93. The summed E-state index contributed by atoms with van der Waals surface area (Å²) < 4.78 is 5.29. The van der Waals surface area contributed by atoms with Crippen LogP contribution in [0.1, 0.15) is 20.3 Å². The molecule has 5 heteroatoms. The molecule has 5 nitrogen and oxygen atoms in total. The van der Waals surface area contributed by atoms with Crippen molar-refractivity contribution in [1.29, 1.82) is 0 Å². The van der Waals surface area contributed by atoms with Crippen molar-refractivity contribution in [3.63, 3.8) is 0 Å². The second-order valence-corrected chi connectivity index (χ2v) is 4.83. The first-order chi connectivity index (χ1) is 8.10. The lowest BCUT2D eigenvalue weighted by Crippen LogP contribution is -2.45. The zero-order valence-corrected chi connectivity index (χ0v) is 10.6. The Morgan fingerprint density at radius 1 is 1.53 bits per heavy atom.